The van der Waals surface area contributed by atoms with Crippen LogP contribution in [0.2, 0.25) is 0 Å². The van der Waals surface area contributed by atoms with Crippen LogP contribution in [0.4, 0.5) is 0 Å². The highest BCUT2D eigenvalue weighted by Crippen LogP contribution is 1.96. The number of carboxylic acids is 1. The van der Waals surface area contributed by atoms with Gasteiger partial charge in [0, 0.05) is 12.4 Å². The second kappa shape index (κ2) is 3.82. The van der Waals surface area contributed by atoms with Gasteiger partial charge in [0.2, 0.25) is 0 Å². The molecule has 0 saturated heterocycles. The first-order valence-corrected chi connectivity index (χ1v) is 4.15. The molecular formula is C8H7N5O2. The molecule has 1 N–H and O–H groups in total. The van der Waals surface area contributed by atoms with Gasteiger partial charge in [0.15, 0.2) is 5.69 Å². The van der Waals surface area contributed by atoms with E-state index in [1.165, 1.54) is 10.9 Å². The number of carboxylic acid groups (broad SMARTS) is 1. The van der Waals surface area contributed by atoms with Crippen LogP contribution in [0.1, 0.15) is 16.3 Å². The van der Waals surface area contributed by atoms with Crippen molar-refractivity contribution in [2.45, 2.75) is 6.54 Å². The second-order valence-electron chi connectivity index (χ2n) is 2.77. The number of carbonyl (C=O) groups is 1. The fourth-order valence-corrected chi connectivity index (χ4v) is 1.03. The van der Waals surface area contributed by atoms with Gasteiger partial charge >= 0.3 is 5.97 Å². The fraction of sp³-hybridized carbons (Fsp3) is 0.125. The van der Waals surface area contributed by atoms with Crippen molar-refractivity contribution in [3.05, 3.63) is 36.2 Å². The summed E-state index contributed by atoms with van der Waals surface area (Å²) in [7, 11) is 0. The van der Waals surface area contributed by atoms with Gasteiger partial charge in [-0.1, -0.05) is 5.21 Å². The summed E-state index contributed by atoms with van der Waals surface area (Å²) < 4.78 is 1.37. The van der Waals surface area contributed by atoms with E-state index in [-0.39, 0.29) is 5.69 Å². The van der Waals surface area contributed by atoms with E-state index in [9.17, 15) is 4.79 Å². The van der Waals surface area contributed by atoms with Crippen LogP contribution in [0.15, 0.2) is 24.7 Å². The number of rotatable bonds is 3. The zero-order chi connectivity index (χ0) is 10.7. The normalized spacial score (nSPS) is 10.1. The molecule has 0 spiro atoms. The molecule has 0 radical (unpaired) electrons. The Labute approximate surface area is 84.4 Å². The first-order valence-electron chi connectivity index (χ1n) is 4.15. The van der Waals surface area contributed by atoms with Crippen molar-refractivity contribution in [3.63, 3.8) is 0 Å². The van der Waals surface area contributed by atoms with E-state index in [0.29, 0.717) is 12.4 Å². The number of aromatic carboxylic acids is 1. The molecule has 0 aliphatic carbocycles. The van der Waals surface area contributed by atoms with Crippen LogP contribution in [0.3, 0.4) is 0 Å². The average Bonchev–Trinajstić information content (AvgIpc) is 2.68. The highest BCUT2D eigenvalue weighted by Gasteiger charge is 2.08. The lowest BCUT2D eigenvalue weighted by Gasteiger charge is -1.96. The van der Waals surface area contributed by atoms with E-state index < -0.39 is 5.97 Å². The molecule has 7 nitrogen and oxygen atoms in total. The number of aromatic nitrogens is 5. The minimum Gasteiger partial charge on any atom is -0.476 e. The summed E-state index contributed by atoms with van der Waals surface area (Å²) in [5.41, 5.74) is -0.0917. The number of nitrogens with zero attached hydrogens (tertiary/aromatic N) is 5. The molecule has 0 aliphatic heterocycles. The SMILES string of the molecule is O=C(O)c1cn(Cc2ncccn2)nn1. The summed E-state index contributed by atoms with van der Waals surface area (Å²) in [5.74, 6) is -0.547. The average molecular weight is 205 g/mol. The van der Waals surface area contributed by atoms with Crippen molar-refractivity contribution < 1.29 is 9.90 Å². The van der Waals surface area contributed by atoms with Gasteiger partial charge in [-0.25, -0.2) is 19.4 Å². The minimum atomic E-state index is -1.10. The van der Waals surface area contributed by atoms with E-state index in [1.807, 2.05) is 0 Å². The molecule has 0 atom stereocenters. The lowest BCUT2D eigenvalue weighted by atomic mass is 10.5. The third-order valence-corrected chi connectivity index (χ3v) is 1.68. The molecule has 0 amide bonds. The van der Waals surface area contributed by atoms with Crippen LogP contribution in [0, 0.1) is 0 Å². The van der Waals surface area contributed by atoms with Crippen molar-refractivity contribution >= 4 is 5.97 Å². The van der Waals surface area contributed by atoms with Gasteiger partial charge in [-0.15, -0.1) is 5.10 Å². The molecule has 2 aromatic heterocycles. The zero-order valence-corrected chi connectivity index (χ0v) is 7.61. The lowest BCUT2D eigenvalue weighted by Crippen LogP contribution is -2.04. The topological polar surface area (TPSA) is 93.8 Å². The quantitative estimate of drug-likeness (QED) is 0.746. The maximum atomic E-state index is 10.5. The molecule has 76 valence electrons. The van der Waals surface area contributed by atoms with Crippen molar-refractivity contribution in [2.75, 3.05) is 0 Å². The zero-order valence-electron chi connectivity index (χ0n) is 7.61. The largest absolute Gasteiger partial charge is 0.476 e. The predicted molar refractivity (Wildman–Crippen MR) is 48.1 cm³/mol. The summed E-state index contributed by atoms with van der Waals surface area (Å²) >= 11 is 0. The predicted octanol–water partition coefficient (Wildman–Crippen LogP) is -0.185. The van der Waals surface area contributed by atoms with Crippen LogP contribution in [0.25, 0.3) is 0 Å². The van der Waals surface area contributed by atoms with Gasteiger partial charge < -0.3 is 5.11 Å². The smallest absolute Gasteiger partial charge is 0.358 e. The third kappa shape index (κ3) is 2.13. The summed E-state index contributed by atoms with van der Waals surface area (Å²) in [5, 5.41) is 15.7. The van der Waals surface area contributed by atoms with E-state index in [2.05, 4.69) is 20.3 Å². The molecule has 0 bridgehead atoms. The fourth-order valence-electron chi connectivity index (χ4n) is 1.03. The summed E-state index contributed by atoms with van der Waals surface area (Å²) in [6.45, 7) is 0.307. The number of hydrogen-bond acceptors (Lipinski definition) is 5. The second-order valence-corrected chi connectivity index (χ2v) is 2.77. The van der Waals surface area contributed by atoms with E-state index in [0.717, 1.165) is 0 Å². The molecule has 0 fully saturated rings. The molecule has 2 aromatic rings. The summed E-state index contributed by atoms with van der Waals surface area (Å²) in [6.07, 6.45) is 4.55. The Morgan fingerprint density at radius 3 is 2.73 bits per heavy atom. The monoisotopic (exact) mass is 205 g/mol. The van der Waals surface area contributed by atoms with Crippen molar-refractivity contribution in [3.8, 4) is 0 Å². The Morgan fingerprint density at radius 1 is 1.40 bits per heavy atom. The summed E-state index contributed by atoms with van der Waals surface area (Å²) in [6, 6.07) is 1.70. The van der Waals surface area contributed by atoms with Gasteiger partial charge in [0.1, 0.15) is 12.4 Å². The number of hydrogen-bond donors (Lipinski definition) is 1. The van der Waals surface area contributed by atoms with Gasteiger partial charge in [-0.3, -0.25) is 0 Å². The Hall–Kier alpha value is -2.31. The maximum Gasteiger partial charge on any atom is 0.358 e. The van der Waals surface area contributed by atoms with Crippen molar-refractivity contribution in [2.24, 2.45) is 0 Å². The Kier molecular flexibility index (Phi) is 2.36. The highest BCUT2D eigenvalue weighted by atomic mass is 16.4. The molecule has 0 aromatic carbocycles. The van der Waals surface area contributed by atoms with Crippen LogP contribution >= 0.6 is 0 Å². The Bertz CT molecular complexity index is 467. The van der Waals surface area contributed by atoms with Gasteiger partial charge in [0.05, 0.1) is 6.20 Å². The Morgan fingerprint density at radius 2 is 2.13 bits per heavy atom. The van der Waals surface area contributed by atoms with Crippen LogP contribution in [-0.2, 0) is 6.54 Å². The standard InChI is InChI=1S/C8H7N5O2/c14-8(15)6-4-13(12-11-6)5-7-9-2-1-3-10-7/h1-4H,5H2,(H,14,15). The molecule has 0 saturated carbocycles. The van der Waals surface area contributed by atoms with Crippen LogP contribution in [-0.4, -0.2) is 36.0 Å². The van der Waals surface area contributed by atoms with E-state index in [4.69, 9.17) is 5.11 Å². The Balaban J connectivity index is 2.15. The lowest BCUT2D eigenvalue weighted by molar-refractivity contribution is 0.0690. The molecule has 2 heterocycles. The molecule has 2 rings (SSSR count). The minimum absolute atomic E-state index is 0.0917. The third-order valence-electron chi connectivity index (χ3n) is 1.68. The molecule has 0 unspecified atom stereocenters. The van der Waals surface area contributed by atoms with E-state index in [1.54, 1.807) is 18.5 Å². The van der Waals surface area contributed by atoms with Crippen molar-refractivity contribution in [1.29, 1.82) is 0 Å². The van der Waals surface area contributed by atoms with Gasteiger partial charge in [0.25, 0.3) is 0 Å². The van der Waals surface area contributed by atoms with Crippen LogP contribution < -0.4 is 0 Å². The first kappa shape index (κ1) is 9.25. The van der Waals surface area contributed by atoms with Crippen LogP contribution in [0.5, 0.6) is 0 Å². The molecule has 0 aliphatic rings. The van der Waals surface area contributed by atoms with E-state index >= 15 is 0 Å². The van der Waals surface area contributed by atoms with Gasteiger partial charge in [-0.05, 0) is 6.07 Å². The molecular weight excluding hydrogens is 198 g/mol. The molecule has 7 heteroatoms. The summed E-state index contributed by atoms with van der Waals surface area (Å²) in [4.78, 5) is 18.5. The molecule has 15 heavy (non-hydrogen) atoms. The van der Waals surface area contributed by atoms with Gasteiger partial charge in [-0.2, -0.15) is 0 Å². The highest BCUT2D eigenvalue weighted by molar-refractivity contribution is 5.84. The maximum absolute atomic E-state index is 10.5. The van der Waals surface area contributed by atoms with Crippen molar-refractivity contribution in [1.82, 2.24) is 25.0 Å². The first-order chi connectivity index (χ1) is 7.25.